The molecule has 0 aromatic heterocycles. The molecule has 21 heavy (non-hydrogen) atoms. The topological polar surface area (TPSA) is 12.0 Å². The first-order valence-corrected chi connectivity index (χ1v) is 8.77. The number of hydrogen-bond donors (Lipinski definition) is 1. The van der Waals surface area contributed by atoms with Crippen molar-refractivity contribution in [3.05, 3.63) is 34.6 Å². The van der Waals surface area contributed by atoms with Crippen molar-refractivity contribution in [2.24, 2.45) is 11.8 Å². The highest BCUT2D eigenvalue weighted by atomic mass is 35.5. The molecule has 2 unspecified atom stereocenters. The van der Waals surface area contributed by atoms with Crippen LogP contribution in [0.25, 0.3) is 0 Å². The van der Waals surface area contributed by atoms with Crippen molar-refractivity contribution < 1.29 is 4.39 Å². The molecule has 3 rings (SSSR count). The van der Waals surface area contributed by atoms with E-state index in [0.29, 0.717) is 16.9 Å². The van der Waals surface area contributed by atoms with E-state index in [9.17, 15) is 4.39 Å². The highest BCUT2D eigenvalue weighted by molar-refractivity contribution is 6.30. The van der Waals surface area contributed by atoms with Gasteiger partial charge in [0.2, 0.25) is 0 Å². The fraction of sp³-hybridized carbons (Fsp3) is 0.667. The van der Waals surface area contributed by atoms with E-state index in [1.165, 1.54) is 51.0 Å². The van der Waals surface area contributed by atoms with Crippen LogP contribution < -0.4 is 5.32 Å². The lowest BCUT2D eigenvalue weighted by molar-refractivity contribution is 0.294. The number of hydrogen-bond acceptors (Lipinski definition) is 1. The Morgan fingerprint density at radius 1 is 1.05 bits per heavy atom. The molecule has 1 N–H and O–H groups in total. The number of rotatable bonds is 5. The second kappa shape index (κ2) is 7.11. The summed E-state index contributed by atoms with van der Waals surface area (Å²) in [6.45, 7) is 1.11. The van der Waals surface area contributed by atoms with Gasteiger partial charge < -0.3 is 5.32 Å². The van der Waals surface area contributed by atoms with Crippen molar-refractivity contribution in [2.75, 3.05) is 6.54 Å². The SMILES string of the molecule is Fc1ccc(Cl)cc1CC1CCCCCC1CNC1CC1. The number of benzene rings is 1. The molecular formula is C18H25ClFN. The van der Waals surface area contributed by atoms with Gasteiger partial charge in [0, 0.05) is 11.1 Å². The van der Waals surface area contributed by atoms with Gasteiger partial charge in [0.25, 0.3) is 0 Å². The van der Waals surface area contributed by atoms with Crippen LogP contribution in [0.4, 0.5) is 4.39 Å². The average molecular weight is 310 g/mol. The molecule has 0 heterocycles. The van der Waals surface area contributed by atoms with Crippen LogP contribution in [0.5, 0.6) is 0 Å². The first kappa shape index (κ1) is 15.3. The predicted octanol–water partition coefficient (Wildman–Crippen LogP) is 4.97. The summed E-state index contributed by atoms with van der Waals surface area (Å²) < 4.78 is 14.0. The molecule has 3 heteroatoms. The highest BCUT2D eigenvalue weighted by Crippen LogP contribution is 2.33. The van der Waals surface area contributed by atoms with E-state index in [4.69, 9.17) is 11.6 Å². The lowest BCUT2D eigenvalue weighted by Gasteiger charge is -2.26. The molecule has 2 fully saturated rings. The van der Waals surface area contributed by atoms with Gasteiger partial charge in [-0.3, -0.25) is 0 Å². The van der Waals surface area contributed by atoms with Crippen molar-refractivity contribution in [2.45, 2.75) is 57.4 Å². The summed E-state index contributed by atoms with van der Waals surface area (Å²) in [4.78, 5) is 0. The Morgan fingerprint density at radius 2 is 1.81 bits per heavy atom. The monoisotopic (exact) mass is 309 g/mol. The zero-order chi connectivity index (χ0) is 14.7. The summed E-state index contributed by atoms with van der Waals surface area (Å²) >= 11 is 6.04. The molecule has 0 bridgehead atoms. The maximum absolute atomic E-state index is 14.0. The van der Waals surface area contributed by atoms with Crippen molar-refractivity contribution in [1.29, 1.82) is 0 Å². The zero-order valence-electron chi connectivity index (χ0n) is 12.6. The normalized spacial score (nSPS) is 26.6. The third-order valence-electron chi connectivity index (χ3n) is 5.05. The molecule has 2 saturated carbocycles. The summed E-state index contributed by atoms with van der Waals surface area (Å²) in [5.41, 5.74) is 0.797. The number of nitrogens with one attached hydrogen (secondary N) is 1. The summed E-state index contributed by atoms with van der Waals surface area (Å²) in [6, 6.07) is 5.72. The predicted molar refractivity (Wildman–Crippen MR) is 86.2 cm³/mol. The van der Waals surface area contributed by atoms with Crippen molar-refractivity contribution in [3.63, 3.8) is 0 Å². The standard InChI is InChI=1S/C18H25ClFN/c19-16-6-9-18(20)15(11-16)10-13-4-2-1-3-5-14(13)12-21-17-7-8-17/h6,9,11,13-14,17,21H,1-5,7-8,10,12H2. The molecule has 0 spiro atoms. The Balaban J connectivity index is 1.67. The molecular weight excluding hydrogens is 285 g/mol. The highest BCUT2D eigenvalue weighted by Gasteiger charge is 2.27. The molecule has 1 aromatic carbocycles. The Kier molecular flexibility index (Phi) is 5.18. The van der Waals surface area contributed by atoms with Crippen LogP contribution in [0.15, 0.2) is 18.2 Å². The molecule has 1 nitrogen and oxygen atoms in total. The minimum atomic E-state index is -0.0995. The van der Waals surface area contributed by atoms with Gasteiger partial charge >= 0.3 is 0 Å². The van der Waals surface area contributed by atoms with E-state index >= 15 is 0 Å². The molecule has 0 saturated heterocycles. The van der Waals surface area contributed by atoms with Gasteiger partial charge in [0.05, 0.1) is 0 Å². The fourth-order valence-electron chi connectivity index (χ4n) is 3.59. The third-order valence-corrected chi connectivity index (χ3v) is 5.29. The fourth-order valence-corrected chi connectivity index (χ4v) is 3.78. The van der Waals surface area contributed by atoms with Crippen LogP contribution in [-0.4, -0.2) is 12.6 Å². The van der Waals surface area contributed by atoms with E-state index in [1.807, 2.05) is 6.07 Å². The van der Waals surface area contributed by atoms with E-state index in [0.717, 1.165) is 24.6 Å². The van der Waals surface area contributed by atoms with Crippen LogP contribution >= 0.6 is 11.6 Å². The molecule has 2 atom stereocenters. The molecule has 2 aliphatic rings. The lowest BCUT2D eigenvalue weighted by Crippen LogP contribution is -2.30. The van der Waals surface area contributed by atoms with E-state index in [-0.39, 0.29) is 5.82 Å². The van der Waals surface area contributed by atoms with E-state index in [1.54, 1.807) is 6.07 Å². The van der Waals surface area contributed by atoms with Gasteiger partial charge in [-0.15, -0.1) is 0 Å². The summed E-state index contributed by atoms with van der Waals surface area (Å²) in [5, 5.41) is 4.32. The summed E-state index contributed by atoms with van der Waals surface area (Å²) in [7, 11) is 0. The average Bonchev–Trinajstić information content (AvgIpc) is 3.28. The van der Waals surface area contributed by atoms with Crippen LogP contribution in [0.2, 0.25) is 5.02 Å². The minimum absolute atomic E-state index is 0.0995. The second-order valence-electron chi connectivity index (χ2n) is 6.78. The zero-order valence-corrected chi connectivity index (χ0v) is 13.3. The summed E-state index contributed by atoms with van der Waals surface area (Å²) in [5.74, 6) is 1.18. The third kappa shape index (κ3) is 4.43. The molecule has 0 aliphatic heterocycles. The van der Waals surface area contributed by atoms with Gasteiger partial charge in [-0.1, -0.05) is 30.9 Å². The Morgan fingerprint density at radius 3 is 2.57 bits per heavy atom. The van der Waals surface area contributed by atoms with Crippen LogP contribution in [0.3, 0.4) is 0 Å². The van der Waals surface area contributed by atoms with Gasteiger partial charge in [-0.2, -0.15) is 0 Å². The maximum atomic E-state index is 14.0. The van der Waals surface area contributed by atoms with Crippen molar-refractivity contribution >= 4 is 11.6 Å². The van der Waals surface area contributed by atoms with Gasteiger partial charge in [0.15, 0.2) is 0 Å². The van der Waals surface area contributed by atoms with Crippen LogP contribution in [0.1, 0.15) is 50.5 Å². The van der Waals surface area contributed by atoms with Gasteiger partial charge in [-0.05, 0) is 74.2 Å². The van der Waals surface area contributed by atoms with Gasteiger partial charge in [0.1, 0.15) is 5.82 Å². The molecule has 1 aromatic rings. The maximum Gasteiger partial charge on any atom is 0.126 e. The molecule has 0 radical (unpaired) electrons. The van der Waals surface area contributed by atoms with Crippen molar-refractivity contribution in [3.8, 4) is 0 Å². The van der Waals surface area contributed by atoms with Crippen molar-refractivity contribution in [1.82, 2.24) is 5.32 Å². The largest absolute Gasteiger partial charge is 0.314 e. The number of halogens is 2. The van der Waals surface area contributed by atoms with E-state index in [2.05, 4.69) is 5.32 Å². The Hall–Kier alpha value is -0.600. The second-order valence-corrected chi connectivity index (χ2v) is 7.22. The Bertz CT molecular complexity index is 472. The Labute approximate surface area is 132 Å². The smallest absolute Gasteiger partial charge is 0.126 e. The molecule has 116 valence electrons. The summed E-state index contributed by atoms with van der Waals surface area (Å²) in [6.07, 6.45) is 9.95. The molecule has 0 amide bonds. The lowest BCUT2D eigenvalue weighted by atomic mass is 9.83. The minimum Gasteiger partial charge on any atom is -0.314 e. The molecule has 2 aliphatic carbocycles. The van der Waals surface area contributed by atoms with Crippen LogP contribution in [0, 0.1) is 17.7 Å². The quantitative estimate of drug-likeness (QED) is 0.757. The van der Waals surface area contributed by atoms with E-state index < -0.39 is 0 Å². The van der Waals surface area contributed by atoms with Crippen LogP contribution in [-0.2, 0) is 6.42 Å². The van der Waals surface area contributed by atoms with Gasteiger partial charge in [-0.25, -0.2) is 4.39 Å². The first-order valence-electron chi connectivity index (χ1n) is 8.39. The first-order chi connectivity index (χ1) is 10.2.